The molecule has 0 aliphatic carbocycles. The molecule has 0 aliphatic heterocycles. The van der Waals surface area contributed by atoms with Crippen LogP contribution < -0.4 is 15.1 Å². The number of ether oxygens (including phenoxy) is 1. The van der Waals surface area contributed by atoms with Crippen LogP contribution >= 0.6 is 0 Å². The fourth-order valence-electron chi connectivity index (χ4n) is 2.55. The molecule has 2 heterocycles. The summed E-state index contributed by atoms with van der Waals surface area (Å²) < 4.78 is 11.1. The van der Waals surface area contributed by atoms with Gasteiger partial charge in [0.25, 0.3) is 6.01 Å². The van der Waals surface area contributed by atoms with E-state index in [-0.39, 0.29) is 5.91 Å². The number of oxazole rings is 1. The topological polar surface area (TPSA) is 92.9 Å². The second-order valence-corrected chi connectivity index (χ2v) is 5.94. The molecule has 0 saturated heterocycles. The number of nitrogens with zero attached hydrogens (tertiary/aromatic N) is 4. The minimum Gasteiger partial charge on any atom is -0.497 e. The van der Waals surface area contributed by atoms with Crippen LogP contribution in [0.2, 0.25) is 0 Å². The summed E-state index contributed by atoms with van der Waals surface area (Å²) in [6, 6.07) is 9.55. The van der Waals surface area contributed by atoms with E-state index in [2.05, 4.69) is 20.4 Å². The average molecular weight is 379 g/mol. The van der Waals surface area contributed by atoms with E-state index in [0.717, 1.165) is 22.6 Å². The molecular weight excluding hydrogens is 358 g/mol. The summed E-state index contributed by atoms with van der Waals surface area (Å²) in [6.45, 7) is 5.13. The molecule has 28 heavy (non-hydrogen) atoms. The van der Waals surface area contributed by atoms with E-state index in [9.17, 15) is 4.79 Å². The number of aromatic nitrogens is 2. The van der Waals surface area contributed by atoms with Crippen LogP contribution in [-0.2, 0) is 4.79 Å². The Balaban J connectivity index is 1.86. The molecule has 1 amide bonds. The van der Waals surface area contributed by atoms with Gasteiger partial charge in [-0.15, -0.1) is 0 Å². The molecule has 8 nitrogen and oxygen atoms in total. The predicted octanol–water partition coefficient (Wildman–Crippen LogP) is 4.16. The number of rotatable bonds is 6. The van der Waals surface area contributed by atoms with E-state index >= 15 is 0 Å². The van der Waals surface area contributed by atoms with Crippen molar-refractivity contribution in [3.05, 3.63) is 48.3 Å². The third-order valence-corrected chi connectivity index (χ3v) is 3.97. The number of carbonyl (C=O) groups excluding carboxylic acids is 1. The molecule has 0 bridgehead atoms. The smallest absolute Gasteiger partial charge is 0.299 e. The van der Waals surface area contributed by atoms with Gasteiger partial charge in [-0.1, -0.05) is 6.07 Å². The van der Waals surface area contributed by atoms with Gasteiger partial charge < -0.3 is 14.5 Å². The van der Waals surface area contributed by atoms with Gasteiger partial charge in [0.2, 0.25) is 5.91 Å². The number of benzene rings is 1. The van der Waals surface area contributed by atoms with Crippen molar-refractivity contribution in [3.63, 3.8) is 0 Å². The number of hydrazone groups is 1. The van der Waals surface area contributed by atoms with Crippen LogP contribution in [0.5, 0.6) is 5.75 Å². The Morgan fingerprint density at radius 1 is 1.29 bits per heavy atom. The van der Waals surface area contributed by atoms with Crippen molar-refractivity contribution in [1.82, 2.24) is 9.97 Å². The summed E-state index contributed by atoms with van der Waals surface area (Å²) in [6.07, 6.45) is 4.73. The lowest BCUT2D eigenvalue weighted by Gasteiger charge is -2.13. The van der Waals surface area contributed by atoms with E-state index < -0.39 is 0 Å². The maximum Gasteiger partial charge on any atom is 0.299 e. The molecule has 144 valence electrons. The average Bonchev–Trinajstić information content (AvgIpc) is 3.16. The molecule has 1 N–H and O–H groups in total. The number of nitrogens with one attached hydrogen (secondary N) is 1. The summed E-state index contributed by atoms with van der Waals surface area (Å²) in [5, 5.41) is 8.41. The lowest BCUT2D eigenvalue weighted by atomic mass is 10.2. The van der Waals surface area contributed by atoms with Crippen LogP contribution in [0.4, 0.5) is 17.5 Å². The summed E-state index contributed by atoms with van der Waals surface area (Å²) in [4.78, 5) is 20.3. The van der Waals surface area contributed by atoms with E-state index in [1.807, 2.05) is 25.1 Å². The number of methoxy groups -OCH3 is 1. The van der Waals surface area contributed by atoms with Gasteiger partial charge >= 0.3 is 0 Å². The monoisotopic (exact) mass is 379 g/mol. The highest BCUT2D eigenvalue weighted by atomic mass is 16.5. The zero-order chi connectivity index (χ0) is 20.1. The SMILES string of the molecule is CC=NN(C(C)=O)c1cc(-c2cnc(Nc3cc(OC)ccc3C)o2)ccn1. The fraction of sp³-hybridized carbons (Fsp3) is 0.200. The number of hydrogen-bond acceptors (Lipinski definition) is 7. The van der Waals surface area contributed by atoms with Gasteiger partial charge in [0.15, 0.2) is 11.6 Å². The van der Waals surface area contributed by atoms with Gasteiger partial charge in [-0.05, 0) is 37.6 Å². The predicted molar refractivity (Wildman–Crippen MR) is 108 cm³/mol. The molecule has 8 heteroatoms. The highest BCUT2D eigenvalue weighted by molar-refractivity contribution is 5.91. The lowest BCUT2D eigenvalue weighted by Crippen LogP contribution is -2.23. The van der Waals surface area contributed by atoms with Crippen LogP contribution in [0.1, 0.15) is 19.4 Å². The van der Waals surface area contributed by atoms with Gasteiger partial charge in [-0.25, -0.2) is 9.97 Å². The molecule has 0 saturated carbocycles. The van der Waals surface area contributed by atoms with Crippen LogP contribution in [0.3, 0.4) is 0 Å². The number of pyridine rings is 1. The van der Waals surface area contributed by atoms with Gasteiger partial charge in [0.1, 0.15) is 5.75 Å². The van der Waals surface area contributed by atoms with Crippen molar-refractivity contribution in [1.29, 1.82) is 0 Å². The Kier molecular flexibility index (Phi) is 5.69. The normalized spacial score (nSPS) is 10.9. The number of amides is 1. The maximum absolute atomic E-state index is 11.8. The minimum atomic E-state index is -0.240. The molecule has 0 unspecified atom stereocenters. The number of aryl methyl sites for hydroxylation is 1. The molecule has 0 fully saturated rings. The minimum absolute atomic E-state index is 0.240. The first-order valence-corrected chi connectivity index (χ1v) is 8.65. The second-order valence-electron chi connectivity index (χ2n) is 5.94. The Labute approximate surface area is 162 Å². The Morgan fingerprint density at radius 3 is 2.82 bits per heavy atom. The molecular formula is C20H21N5O3. The van der Waals surface area contributed by atoms with E-state index in [0.29, 0.717) is 17.6 Å². The Bertz CT molecular complexity index is 1010. The first-order valence-electron chi connectivity index (χ1n) is 8.65. The summed E-state index contributed by atoms with van der Waals surface area (Å²) in [7, 11) is 1.62. The van der Waals surface area contributed by atoms with Gasteiger partial charge in [-0.2, -0.15) is 10.1 Å². The summed E-state index contributed by atoms with van der Waals surface area (Å²) in [5.41, 5.74) is 2.59. The van der Waals surface area contributed by atoms with Crippen molar-refractivity contribution in [2.24, 2.45) is 5.10 Å². The van der Waals surface area contributed by atoms with Crippen LogP contribution in [-0.4, -0.2) is 29.2 Å². The standard InChI is InChI=1S/C20H21N5O3/c1-5-23-25(14(3)26)19-10-15(8-9-21-19)18-12-22-20(28-18)24-17-11-16(27-4)7-6-13(17)2/h5-12H,1-4H3,(H,22,24). The van der Waals surface area contributed by atoms with Crippen LogP contribution in [0, 0.1) is 6.92 Å². The van der Waals surface area contributed by atoms with Crippen molar-refractivity contribution < 1.29 is 13.9 Å². The fourth-order valence-corrected chi connectivity index (χ4v) is 2.55. The number of hydrogen-bond donors (Lipinski definition) is 1. The van der Waals surface area contributed by atoms with Crippen LogP contribution in [0.15, 0.2) is 52.2 Å². The Morgan fingerprint density at radius 2 is 2.11 bits per heavy atom. The summed E-state index contributed by atoms with van der Waals surface area (Å²) >= 11 is 0. The van der Waals surface area contributed by atoms with Gasteiger partial charge in [0.05, 0.1) is 13.3 Å². The second kappa shape index (κ2) is 8.34. The highest BCUT2D eigenvalue weighted by Gasteiger charge is 2.14. The van der Waals surface area contributed by atoms with Gasteiger partial charge in [0, 0.05) is 36.7 Å². The molecule has 0 atom stereocenters. The number of carbonyl (C=O) groups is 1. The molecule has 0 aliphatic rings. The first kappa shape index (κ1) is 19.1. The van der Waals surface area contributed by atoms with E-state index in [4.69, 9.17) is 9.15 Å². The Hall–Kier alpha value is -3.68. The van der Waals surface area contributed by atoms with Crippen LogP contribution in [0.25, 0.3) is 11.3 Å². The first-order chi connectivity index (χ1) is 13.5. The highest BCUT2D eigenvalue weighted by Crippen LogP contribution is 2.29. The molecule has 0 spiro atoms. The quantitative estimate of drug-likeness (QED) is 0.511. The van der Waals surface area contributed by atoms with Crippen molar-refractivity contribution in [2.75, 3.05) is 17.4 Å². The zero-order valence-corrected chi connectivity index (χ0v) is 16.1. The zero-order valence-electron chi connectivity index (χ0n) is 16.1. The molecule has 3 aromatic rings. The molecule has 1 aromatic carbocycles. The van der Waals surface area contributed by atoms with Crippen molar-refractivity contribution in [3.8, 4) is 17.1 Å². The number of anilines is 3. The van der Waals surface area contributed by atoms with E-state index in [1.165, 1.54) is 18.1 Å². The molecule has 3 rings (SSSR count). The lowest BCUT2D eigenvalue weighted by molar-refractivity contribution is -0.116. The third-order valence-electron chi connectivity index (χ3n) is 3.97. The molecule has 2 aromatic heterocycles. The largest absolute Gasteiger partial charge is 0.497 e. The third kappa shape index (κ3) is 4.17. The molecule has 0 radical (unpaired) electrons. The van der Waals surface area contributed by atoms with Gasteiger partial charge in [-0.3, -0.25) is 4.79 Å². The van der Waals surface area contributed by atoms with Crippen molar-refractivity contribution in [2.45, 2.75) is 20.8 Å². The van der Waals surface area contributed by atoms with E-state index in [1.54, 1.807) is 38.6 Å². The maximum atomic E-state index is 11.8. The van der Waals surface area contributed by atoms with Crippen molar-refractivity contribution >= 4 is 29.6 Å². The summed E-state index contributed by atoms with van der Waals surface area (Å²) in [5.74, 6) is 1.43.